The topological polar surface area (TPSA) is 51.8 Å². The van der Waals surface area contributed by atoms with Crippen LogP contribution in [-0.4, -0.2) is 15.0 Å². The van der Waals surface area contributed by atoms with Gasteiger partial charge in [0.2, 0.25) is 5.71 Å². The third-order valence-corrected chi connectivity index (χ3v) is 9.24. The van der Waals surface area contributed by atoms with E-state index in [9.17, 15) is 0 Å². The molecule has 0 saturated heterocycles. The Morgan fingerprint density at radius 3 is 2.05 bits per heavy atom. The maximum Gasteiger partial charge on any atom is 0.216 e. The Kier molecular flexibility index (Phi) is 8.81. The Morgan fingerprint density at radius 2 is 1.36 bits per heavy atom. The molecule has 295 valence electrons. The van der Waals surface area contributed by atoms with E-state index in [0.717, 1.165) is 16.5 Å². The standard InChI is InChI=1S/C29H27N2O.C25H20N.Ir/c1-29(2,3)19-21-16-17-30-26(18-21)25-11-7-10-23-24-15-14-22(31-28(24)32-27(23)25)13-12-20-8-5-4-6-9-20;1-18-13-14-22(15-23(18)20-9-5-3-6-10-20)25-16-24(19(2)17-26-25)21-11-7-4-8-12-21;/h4-10,14-18H,12-13,19H2,1-3H3;3-13,15-17H,1-2H3;/q2*-1;/i12D2,13D2,19D2;1D3,2D3;. The molecule has 0 unspecified atom stereocenters. The second-order valence-electron chi connectivity index (χ2n) is 14.7. The van der Waals surface area contributed by atoms with Gasteiger partial charge in [0.05, 0.1) is 5.58 Å². The van der Waals surface area contributed by atoms with Crippen molar-refractivity contribution in [2.45, 2.75) is 53.6 Å². The fourth-order valence-electron chi connectivity index (χ4n) is 6.57. The molecule has 5 heteroatoms. The average Bonchev–Trinajstić information content (AvgIpc) is 3.72. The Balaban J connectivity index is 0.000000209. The average molecular weight is 958 g/mol. The van der Waals surface area contributed by atoms with Gasteiger partial charge in [-0.3, -0.25) is 0 Å². The summed E-state index contributed by atoms with van der Waals surface area (Å²) in [5.74, 6) is 0. The predicted molar refractivity (Wildman–Crippen MR) is 239 cm³/mol. The van der Waals surface area contributed by atoms with Gasteiger partial charge in [-0.2, -0.15) is 0 Å². The van der Waals surface area contributed by atoms with Crippen molar-refractivity contribution < 1.29 is 41.0 Å². The smallest absolute Gasteiger partial charge is 0.216 e. The van der Waals surface area contributed by atoms with Gasteiger partial charge in [0.1, 0.15) is 0 Å². The van der Waals surface area contributed by atoms with Crippen LogP contribution in [0.3, 0.4) is 0 Å². The molecule has 59 heavy (non-hydrogen) atoms. The number of pyridine rings is 3. The number of furan rings is 1. The monoisotopic (exact) mass is 958 g/mol. The maximum absolute atomic E-state index is 8.66. The van der Waals surface area contributed by atoms with Crippen LogP contribution in [0.1, 0.15) is 65.2 Å². The summed E-state index contributed by atoms with van der Waals surface area (Å²) in [6.07, 6.45) is -3.44. The molecule has 5 aromatic carbocycles. The molecule has 0 saturated carbocycles. The van der Waals surface area contributed by atoms with Gasteiger partial charge in [0, 0.05) is 60.0 Å². The summed E-state index contributed by atoms with van der Waals surface area (Å²) in [6.45, 7) is 0.929. The van der Waals surface area contributed by atoms with Crippen LogP contribution in [0, 0.1) is 31.3 Å². The third kappa shape index (κ3) is 9.83. The van der Waals surface area contributed by atoms with Crippen LogP contribution in [0.5, 0.6) is 0 Å². The molecule has 4 aromatic heterocycles. The van der Waals surface area contributed by atoms with E-state index in [1.165, 1.54) is 18.3 Å². The normalized spacial score (nSPS) is 15.4. The number of rotatable bonds is 8. The van der Waals surface area contributed by atoms with Crippen LogP contribution in [0.25, 0.3) is 66.8 Å². The largest absolute Gasteiger partial charge is 0.486 e. The van der Waals surface area contributed by atoms with E-state index in [4.69, 9.17) is 20.9 Å². The molecule has 0 atom stereocenters. The first-order chi connectivity index (χ1) is 32.9. The summed E-state index contributed by atoms with van der Waals surface area (Å²) in [6, 6.07) is 48.1. The number of aromatic nitrogens is 3. The van der Waals surface area contributed by atoms with Crippen molar-refractivity contribution in [1.82, 2.24) is 15.0 Å². The zero-order valence-electron chi connectivity index (χ0n) is 44.6. The minimum absolute atomic E-state index is 0. The van der Waals surface area contributed by atoms with E-state index in [1.54, 1.807) is 72.9 Å². The van der Waals surface area contributed by atoms with E-state index < -0.39 is 38.2 Å². The minimum Gasteiger partial charge on any atom is -0.486 e. The quantitative estimate of drug-likeness (QED) is 0.142. The summed E-state index contributed by atoms with van der Waals surface area (Å²) >= 11 is 0. The molecule has 0 amide bonds. The Hall–Kier alpha value is -6.00. The first-order valence-electron chi connectivity index (χ1n) is 24.8. The molecule has 0 N–H and O–H groups in total. The van der Waals surface area contributed by atoms with E-state index >= 15 is 0 Å². The van der Waals surface area contributed by atoms with Gasteiger partial charge in [-0.05, 0) is 88.8 Å². The van der Waals surface area contributed by atoms with E-state index in [0.29, 0.717) is 50.2 Å². The van der Waals surface area contributed by atoms with Crippen LogP contribution in [0.4, 0.5) is 0 Å². The molecule has 0 aliphatic rings. The molecule has 1 radical (unpaired) electrons. The van der Waals surface area contributed by atoms with E-state index in [2.05, 4.69) is 27.1 Å². The molecule has 0 bridgehead atoms. The Bertz CT molecular complexity index is 3220. The van der Waals surface area contributed by atoms with Crippen molar-refractivity contribution in [3.8, 4) is 44.8 Å². The van der Waals surface area contributed by atoms with Crippen LogP contribution in [0.15, 0.2) is 162 Å². The van der Waals surface area contributed by atoms with Crippen molar-refractivity contribution in [2.24, 2.45) is 5.41 Å². The Labute approximate surface area is 378 Å². The minimum atomic E-state index is -2.44. The zero-order valence-corrected chi connectivity index (χ0v) is 35.0. The predicted octanol–water partition coefficient (Wildman–Crippen LogP) is 13.7. The van der Waals surface area contributed by atoms with Gasteiger partial charge in [-0.1, -0.05) is 153 Å². The molecule has 9 rings (SSSR count). The first-order valence-corrected chi connectivity index (χ1v) is 18.8. The summed E-state index contributed by atoms with van der Waals surface area (Å²) in [4.78, 5) is 13.3. The second kappa shape index (κ2) is 18.3. The molecule has 0 aliphatic heterocycles. The van der Waals surface area contributed by atoms with Crippen LogP contribution < -0.4 is 0 Å². The van der Waals surface area contributed by atoms with Crippen molar-refractivity contribution >= 4 is 22.1 Å². The number of nitrogens with zero attached hydrogens (tertiary/aromatic N) is 3. The van der Waals surface area contributed by atoms with Gasteiger partial charge < -0.3 is 14.4 Å². The summed E-state index contributed by atoms with van der Waals surface area (Å²) in [5, 5.41) is 1.38. The Morgan fingerprint density at radius 1 is 0.661 bits per heavy atom. The number of benzene rings is 5. The molecule has 4 heterocycles. The zero-order chi connectivity index (χ0) is 50.4. The van der Waals surface area contributed by atoms with E-state index in [-0.39, 0.29) is 48.2 Å². The van der Waals surface area contributed by atoms with Gasteiger partial charge in [0.25, 0.3) is 0 Å². The summed E-state index contributed by atoms with van der Waals surface area (Å²) < 4.78 is 105. The number of hydrogen-bond acceptors (Lipinski definition) is 4. The third-order valence-electron chi connectivity index (χ3n) is 9.24. The van der Waals surface area contributed by atoms with Crippen LogP contribution in [0.2, 0.25) is 0 Å². The fourth-order valence-corrected chi connectivity index (χ4v) is 6.57. The molecule has 0 fully saturated rings. The number of aryl methyl sites for hydroxylation is 4. The number of fused-ring (bicyclic) bond motifs is 3. The van der Waals surface area contributed by atoms with Crippen molar-refractivity contribution in [2.75, 3.05) is 0 Å². The maximum atomic E-state index is 8.66. The SMILES string of the molecule is [2H]C([2H])([2H])c1c[c-]c(-c2cc(-c3ccccc3)c(C([2H])([2H])[2H])cn2)cc1-c1ccccc1.[2H]C([2H])(c1ccnc(-c2[c-]ccc3c2oc2nc(C([2H])([2H])C([2H])([2H])c4ccccc4)ccc23)c1)C(C)(C)C.[Ir]. The van der Waals surface area contributed by atoms with Crippen molar-refractivity contribution in [1.29, 1.82) is 0 Å². The summed E-state index contributed by atoms with van der Waals surface area (Å²) in [5.41, 5.74) is 5.80. The molecular weight excluding hydrogens is 899 g/mol. The molecule has 9 aromatic rings. The van der Waals surface area contributed by atoms with Gasteiger partial charge in [-0.15, -0.1) is 47.5 Å². The molecule has 0 aliphatic carbocycles. The van der Waals surface area contributed by atoms with E-state index in [1.807, 2.05) is 87.5 Å². The van der Waals surface area contributed by atoms with Gasteiger partial charge in [-0.25, -0.2) is 4.98 Å². The van der Waals surface area contributed by atoms with Crippen LogP contribution in [-0.2, 0) is 39.2 Å². The first kappa shape index (κ1) is 28.4. The van der Waals surface area contributed by atoms with Gasteiger partial charge in [0.15, 0.2) is 0 Å². The summed E-state index contributed by atoms with van der Waals surface area (Å²) in [7, 11) is 0. The van der Waals surface area contributed by atoms with Crippen molar-refractivity contribution in [3.63, 3.8) is 0 Å². The molecule has 4 nitrogen and oxygen atoms in total. The molecular formula is C54H47IrN3O-2. The van der Waals surface area contributed by atoms with Crippen LogP contribution >= 0.6 is 0 Å². The fraction of sp³-hybridized carbons (Fsp3) is 0.167. The number of hydrogen-bond donors (Lipinski definition) is 0. The van der Waals surface area contributed by atoms with Crippen molar-refractivity contribution in [3.05, 3.63) is 198 Å². The van der Waals surface area contributed by atoms with Gasteiger partial charge >= 0.3 is 0 Å². The molecule has 0 spiro atoms. The second-order valence-corrected chi connectivity index (χ2v) is 14.7.